The van der Waals surface area contributed by atoms with E-state index in [0.29, 0.717) is 19.5 Å². The van der Waals surface area contributed by atoms with Crippen molar-refractivity contribution in [2.45, 2.75) is 43.9 Å². The van der Waals surface area contributed by atoms with E-state index >= 15 is 0 Å². The molecule has 0 saturated heterocycles. The summed E-state index contributed by atoms with van der Waals surface area (Å²) in [5.41, 5.74) is 1.97. The van der Waals surface area contributed by atoms with Crippen LogP contribution in [0.5, 0.6) is 11.5 Å². The van der Waals surface area contributed by atoms with Crippen LogP contribution in [0.3, 0.4) is 0 Å². The largest absolute Gasteiger partial charge is 0.493 e. The molecule has 122 valence electrons. The summed E-state index contributed by atoms with van der Waals surface area (Å²) in [6.07, 6.45) is 4.72. The summed E-state index contributed by atoms with van der Waals surface area (Å²) < 4.78 is 11.7. The number of benzene rings is 1. The monoisotopic (exact) mass is 315 g/mol. The molecule has 3 atom stereocenters. The number of hydrogen-bond donors (Lipinski definition) is 1. The van der Waals surface area contributed by atoms with Gasteiger partial charge in [0.1, 0.15) is 6.10 Å². The molecule has 2 heterocycles. The predicted octanol–water partition coefficient (Wildman–Crippen LogP) is 1.77. The van der Waals surface area contributed by atoms with E-state index in [1.54, 1.807) is 14.0 Å². The molecule has 0 fully saturated rings. The van der Waals surface area contributed by atoms with E-state index in [0.717, 1.165) is 29.0 Å². The van der Waals surface area contributed by atoms with Crippen molar-refractivity contribution in [2.24, 2.45) is 0 Å². The summed E-state index contributed by atoms with van der Waals surface area (Å²) in [5, 5.41) is 10.0. The first-order chi connectivity index (χ1) is 11.0. The SMILES string of the molecule is COc1ccc2c3c1O[C@@H]1C[C@H](O)C=C[C@]31CCN(C(C)=O)C2. The topological polar surface area (TPSA) is 59.0 Å². The molecular formula is C18H21NO4. The lowest BCUT2D eigenvalue weighted by molar-refractivity contribution is -0.129. The molecule has 23 heavy (non-hydrogen) atoms. The van der Waals surface area contributed by atoms with Gasteiger partial charge in [0.05, 0.1) is 18.6 Å². The smallest absolute Gasteiger partial charge is 0.219 e. The summed E-state index contributed by atoms with van der Waals surface area (Å²) in [5.74, 6) is 1.58. The van der Waals surface area contributed by atoms with Gasteiger partial charge in [-0.1, -0.05) is 18.2 Å². The van der Waals surface area contributed by atoms with Gasteiger partial charge in [-0.15, -0.1) is 0 Å². The zero-order valence-electron chi connectivity index (χ0n) is 13.4. The Balaban J connectivity index is 1.92. The van der Waals surface area contributed by atoms with Gasteiger partial charge in [-0.05, 0) is 18.1 Å². The van der Waals surface area contributed by atoms with Crippen LogP contribution in [-0.4, -0.2) is 41.8 Å². The molecule has 0 bridgehead atoms. The molecule has 1 amide bonds. The number of aliphatic hydroxyl groups excluding tert-OH is 1. The van der Waals surface area contributed by atoms with Gasteiger partial charge in [0.15, 0.2) is 11.5 Å². The highest BCUT2D eigenvalue weighted by molar-refractivity contribution is 5.74. The number of carbonyl (C=O) groups is 1. The molecule has 1 spiro atoms. The second-order valence-corrected chi connectivity index (χ2v) is 6.63. The summed E-state index contributed by atoms with van der Waals surface area (Å²) in [6, 6.07) is 3.94. The molecule has 2 aliphatic heterocycles. The number of rotatable bonds is 1. The molecular weight excluding hydrogens is 294 g/mol. The van der Waals surface area contributed by atoms with Crippen LogP contribution >= 0.6 is 0 Å². The summed E-state index contributed by atoms with van der Waals surface area (Å²) >= 11 is 0. The van der Waals surface area contributed by atoms with Crippen LogP contribution in [0.2, 0.25) is 0 Å². The minimum atomic E-state index is -0.485. The van der Waals surface area contributed by atoms with E-state index in [-0.39, 0.29) is 17.4 Å². The molecule has 0 aromatic heterocycles. The molecule has 0 radical (unpaired) electrons. The Morgan fingerprint density at radius 1 is 1.48 bits per heavy atom. The molecule has 1 N–H and O–H groups in total. The van der Waals surface area contributed by atoms with Crippen LogP contribution in [0.4, 0.5) is 0 Å². The fourth-order valence-electron chi connectivity index (χ4n) is 4.21. The highest BCUT2D eigenvalue weighted by Gasteiger charge is 2.52. The molecule has 1 aromatic rings. The van der Waals surface area contributed by atoms with Gasteiger partial charge >= 0.3 is 0 Å². The Hall–Kier alpha value is -2.01. The fourth-order valence-corrected chi connectivity index (χ4v) is 4.21. The van der Waals surface area contributed by atoms with Crippen molar-refractivity contribution < 1.29 is 19.4 Å². The molecule has 0 unspecified atom stereocenters. The van der Waals surface area contributed by atoms with Crippen molar-refractivity contribution in [3.8, 4) is 11.5 Å². The van der Waals surface area contributed by atoms with E-state index in [9.17, 15) is 9.90 Å². The van der Waals surface area contributed by atoms with Gasteiger partial charge in [0.2, 0.25) is 5.91 Å². The average Bonchev–Trinajstić information content (AvgIpc) is 2.75. The van der Waals surface area contributed by atoms with Crippen LogP contribution in [0.1, 0.15) is 30.9 Å². The van der Waals surface area contributed by atoms with E-state index < -0.39 is 6.10 Å². The van der Waals surface area contributed by atoms with E-state index in [2.05, 4.69) is 6.08 Å². The molecule has 3 aliphatic rings. The number of aliphatic hydroxyl groups is 1. The Morgan fingerprint density at radius 2 is 2.30 bits per heavy atom. The van der Waals surface area contributed by atoms with E-state index in [1.165, 1.54) is 0 Å². The number of amides is 1. The zero-order valence-corrected chi connectivity index (χ0v) is 13.4. The lowest BCUT2D eigenvalue weighted by Crippen LogP contribution is -2.43. The molecule has 0 saturated carbocycles. The highest BCUT2D eigenvalue weighted by Crippen LogP contribution is 2.55. The predicted molar refractivity (Wildman–Crippen MR) is 84.6 cm³/mol. The molecule has 1 aromatic carbocycles. The minimum Gasteiger partial charge on any atom is -0.493 e. The minimum absolute atomic E-state index is 0.0863. The molecule has 5 heteroatoms. The highest BCUT2D eigenvalue weighted by atomic mass is 16.5. The summed E-state index contributed by atoms with van der Waals surface area (Å²) in [4.78, 5) is 13.8. The first-order valence-corrected chi connectivity index (χ1v) is 8.05. The lowest BCUT2D eigenvalue weighted by atomic mass is 9.69. The van der Waals surface area contributed by atoms with Gasteiger partial charge < -0.3 is 19.5 Å². The van der Waals surface area contributed by atoms with Gasteiger partial charge in [-0.25, -0.2) is 0 Å². The average molecular weight is 315 g/mol. The van der Waals surface area contributed by atoms with Crippen molar-refractivity contribution >= 4 is 5.91 Å². The maximum Gasteiger partial charge on any atom is 0.219 e. The standard InChI is InChI=1S/C18H21NO4/c1-11(20)19-8-7-18-6-5-13(21)9-15(18)23-17-14(22-2)4-3-12(10-19)16(17)18/h3-6,13,15,21H,7-10H2,1-2H3/t13-,15-,18-/m1/s1. The van der Waals surface area contributed by atoms with E-state index in [4.69, 9.17) is 9.47 Å². The fraction of sp³-hybridized carbons (Fsp3) is 0.500. The van der Waals surface area contributed by atoms with Crippen LogP contribution in [0.15, 0.2) is 24.3 Å². The molecule has 5 nitrogen and oxygen atoms in total. The first-order valence-electron chi connectivity index (χ1n) is 8.05. The third-order valence-corrected chi connectivity index (χ3v) is 5.40. The number of hydrogen-bond acceptors (Lipinski definition) is 4. The Morgan fingerprint density at radius 3 is 3.04 bits per heavy atom. The zero-order chi connectivity index (χ0) is 16.2. The quantitative estimate of drug-likeness (QED) is 0.803. The Labute approximate surface area is 135 Å². The van der Waals surface area contributed by atoms with Gasteiger partial charge in [-0.3, -0.25) is 4.79 Å². The van der Waals surface area contributed by atoms with Crippen molar-refractivity contribution in [1.82, 2.24) is 4.90 Å². The number of nitrogens with zero attached hydrogens (tertiary/aromatic N) is 1. The maximum absolute atomic E-state index is 11.9. The summed E-state index contributed by atoms with van der Waals surface area (Å²) in [7, 11) is 1.64. The number of ether oxygens (including phenoxy) is 2. The number of carbonyl (C=O) groups excluding carboxylic acids is 1. The normalized spacial score (nSPS) is 31.0. The second kappa shape index (κ2) is 4.99. The summed E-state index contributed by atoms with van der Waals surface area (Å²) in [6.45, 7) is 2.89. The first kappa shape index (κ1) is 14.6. The maximum atomic E-state index is 11.9. The lowest BCUT2D eigenvalue weighted by Gasteiger charge is -2.35. The third-order valence-electron chi connectivity index (χ3n) is 5.40. The van der Waals surface area contributed by atoms with Gasteiger partial charge in [0, 0.05) is 32.0 Å². The van der Waals surface area contributed by atoms with E-state index in [1.807, 2.05) is 23.1 Å². The Kier molecular flexibility index (Phi) is 3.17. The van der Waals surface area contributed by atoms with Crippen LogP contribution in [0.25, 0.3) is 0 Å². The van der Waals surface area contributed by atoms with Crippen molar-refractivity contribution in [3.05, 3.63) is 35.4 Å². The van der Waals surface area contributed by atoms with Crippen molar-refractivity contribution in [2.75, 3.05) is 13.7 Å². The van der Waals surface area contributed by atoms with Crippen molar-refractivity contribution in [1.29, 1.82) is 0 Å². The Bertz CT molecular complexity index is 699. The molecule has 4 rings (SSSR count). The van der Waals surface area contributed by atoms with Crippen LogP contribution in [0, 0.1) is 0 Å². The van der Waals surface area contributed by atoms with Gasteiger partial charge in [-0.2, -0.15) is 0 Å². The van der Waals surface area contributed by atoms with Crippen molar-refractivity contribution in [3.63, 3.8) is 0 Å². The third kappa shape index (κ3) is 1.99. The van der Waals surface area contributed by atoms with Crippen LogP contribution in [-0.2, 0) is 16.8 Å². The van der Waals surface area contributed by atoms with Gasteiger partial charge in [0.25, 0.3) is 0 Å². The second-order valence-electron chi connectivity index (χ2n) is 6.63. The number of methoxy groups -OCH3 is 1. The molecule has 1 aliphatic carbocycles. The van der Waals surface area contributed by atoms with Crippen LogP contribution < -0.4 is 9.47 Å².